The average molecular weight is 296 g/mol. The fraction of sp³-hybridized carbons (Fsp3) is 0.250. The lowest BCUT2D eigenvalue weighted by Crippen LogP contribution is -2.40. The standard InChI is InChI=1S/C12H16N4O5/c1-6(18)15-10-7(2-3-9(19)11(10)20)4-14-16-12(21)8(13)5-17/h2-4,8,17,19-20H,5,13H2,1H3,(H,15,18)(H,16,21)/b14-4+/t8-/m0/s1. The highest BCUT2D eigenvalue weighted by Crippen LogP contribution is 2.35. The van der Waals surface area contributed by atoms with Crippen LogP contribution in [0.25, 0.3) is 0 Å². The summed E-state index contributed by atoms with van der Waals surface area (Å²) in [7, 11) is 0. The zero-order valence-electron chi connectivity index (χ0n) is 11.2. The second-order valence-corrected chi connectivity index (χ2v) is 4.10. The molecule has 2 amide bonds. The first-order valence-corrected chi connectivity index (χ1v) is 5.88. The Bertz CT molecular complexity index is 573. The molecule has 0 saturated carbocycles. The van der Waals surface area contributed by atoms with Crippen molar-refractivity contribution in [2.24, 2.45) is 10.8 Å². The van der Waals surface area contributed by atoms with E-state index in [2.05, 4.69) is 15.8 Å². The number of nitrogens with two attached hydrogens (primary N) is 1. The van der Waals surface area contributed by atoms with E-state index in [-0.39, 0.29) is 11.3 Å². The number of phenols is 2. The summed E-state index contributed by atoms with van der Waals surface area (Å²) in [5, 5.41) is 33.7. The number of anilines is 1. The number of benzene rings is 1. The molecule has 7 N–H and O–H groups in total. The number of carbonyl (C=O) groups is 2. The number of hydrogen-bond acceptors (Lipinski definition) is 7. The quantitative estimate of drug-likeness (QED) is 0.228. The molecule has 0 aliphatic rings. The van der Waals surface area contributed by atoms with Crippen molar-refractivity contribution >= 4 is 23.7 Å². The second-order valence-electron chi connectivity index (χ2n) is 4.10. The summed E-state index contributed by atoms with van der Waals surface area (Å²) >= 11 is 0. The molecule has 0 aromatic heterocycles. The van der Waals surface area contributed by atoms with E-state index in [1.807, 2.05) is 0 Å². The summed E-state index contributed by atoms with van der Waals surface area (Å²) in [6.07, 6.45) is 1.15. The van der Waals surface area contributed by atoms with Crippen molar-refractivity contribution in [1.82, 2.24) is 5.43 Å². The number of rotatable bonds is 5. The molecular weight excluding hydrogens is 280 g/mol. The number of phenolic OH excluding ortho intramolecular Hbond substituents is 2. The molecule has 1 atom stereocenters. The first-order valence-electron chi connectivity index (χ1n) is 5.88. The van der Waals surface area contributed by atoms with Gasteiger partial charge in [0.1, 0.15) is 6.04 Å². The summed E-state index contributed by atoms with van der Waals surface area (Å²) in [5.74, 6) is -2.09. The molecule has 1 aromatic rings. The number of aromatic hydroxyl groups is 2. The zero-order valence-corrected chi connectivity index (χ0v) is 11.2. The third kappa shape index (κ3) is 4.44. The molecule has 9 heteroatoms. The molecule has 0 spiro atoms. The molecule has 114 valence electrons. The summed E-state index contributed by atoms with van der Waals surface area (Å²) in [4.78, 5) is 22.4. The number of aliphatic hydroxyl groups excluding tert-OH is 1. The lowest BCUT2D eigenvalue weighted by Gasteiger charge is -2.10. The van der Waals surface area contributed by atoms with E-state index in [4.69, 9.17) is 10.8 Å². The molecule has 0 aliphatic heterocycles. The fourth-order valence-corrected chi connectivity index (χ4v) is 1.34. The van der Waals surface area contributed by atoms with Crippen molar-refractivity contribution in [3.63, 3.8) is 0 Å². The van der Waals surface area contributed by atoms with E-state index in [9.17, 15) is 19.8 Å². The smallest absolute Gasteiger partial charge is 0.259 e. The van der Waals surface area contributed by atoms with Crippen LogP contribution in [-0.2, 0) is 9.59 Å². The van der Waals surface area contributed by atoms with Crippen LogP contribution in [0, 0.1) is 0 Å². The molecule has 0 unspecified atom stereocenters. The number of nitrogens with zero attached hydrogens (tertiary/aromatic N) is 1. The Morgan fingerprint density at radius 1 is 1.43 bits per heavy atom. The van der Waals surface area contributed by atoms with Gasteiger partial charge in [0.15, 0.2) is 11.5 Å². The average Bonchev–Trinajstić information content (AvgIpc) is 2.44. The van der Waals surface area contributed by atoms with Gasteiger partial charge in [-0.1, -0.05) is 0 Å². The van der Waals surface area contributed by atoms with Crippen molar-refractivity contribution in [3.05, 3.63) is 17.7 Å². The van der Waals surface area contributed by atoms with Crippen LogP contribution >= 0.6 is 0 Å². The third-order valence-electron chi connectivity index (χ3n) is 2.40. The van der Waals surface area contributed by atoms with E-state index in [0.29, 0.717) is 0 Å². The number of hydrogen-bond donors (Lipinski definition) is 6. The molecule has 0 saturated heterocycles. The lowest BCUT2D eigenvalue weighted by molar-refractivity contribution is -0.123. The van der Waals surface area contributed by atoms with Crippen LogP contribution < -0.4 is 16.5 Å². The molecule has 0 aliphatic carbocycles. The Morgan fingerprint density at radius 2 is 2.10 bits per heavy atom. The van der Waals surface area contributed by atoms with Gasteiger partial charge >= 0.3 is 0 Å². The van der Waals surface area contributed by atoms with Crippen molar-refractivity contribution in [3.8, 4) is 11.5 Å². The zero-order chi connectivity index (χ0) is 16.0. The Labute approximate surface area is 120 Å². The van der Waals surface area contributed by atoms with Crippen LogP contribution in [0.5, 0.6) is 11.5 Å². The summed E-state index contributed by atoms with van der Waals surface area (Å²) in [6, 6.07) is 1.47. The van der Waals surface area contributed by atoms with Crippen molar-refractivity contribution in [1.29, 1.82) is 0 Å². The van der Waals surface area contributed by atoms with Gasteiger partial charge in [0, 0.05) is 12.5 Å². The summed E-state index contributed by atoms with van der Waals surface area (Å²) in [6.45, 7) is 0.699. The Hall–Kier alpha value is -2.65. The van der Waals surface area contributed by atoms with Crippen LogP contribution in [0.4, 0.5) is 5.69 Å². The van der Waals surface area contributed by atoms with Crippen molar-refractivity contribution in [2.45, 2.75) is 13.0 Å². The van der Waals surface area contributed by atoms with Gasteiger partial charge in [-0.15, -0.1) is 0 Å². The minimum atomic E-state index is -1.11. The van der Waals surface area contributed by atoms with Crippen LogP contribution in [0.3, 0.4) is 0 Å². The summed E-state index contributed by atoms with van der Waals surface area (Å²) < 4.78 is 0. The summed E-state index contributed by atoms with van der Waals surface area (Å²) in [5.41, 5.74) is 7.55. The minimum Gasteiger partial charge on any atom is -0.504 e. The van der Waals surface area contributed by atoms with Crippen molar-refractivity contribution < 1.29 is 24.9 Å². The predicted octanol–water partition coefficient (Wildman–Crippen LogP) is -1.17. The molecule has 0 fully saturated rings. The first kappa shape index (κ1) is 16.4. The predicted molar refractivity (Wildman–Crippen MR) is 74.9 cm³/mol. The maximum absolute atomic E-state index is 11.3. The number of carbonyl (C=O) groups excluding carboxylic acids is 2. The van der Waals surface area contributed by atoms with Crippen LogP contribution in [0.15, 0.2) is 17.2 Å². The van der Waals surface area contributed by atoms with Gasteiger partial charge in [-0.25, -0.2) is 5.43 Å². The highest BCUT2D eigenvalue weighted by atomic mass is 16.3. The van der Waals surface area contributed by atoms with E-state index in [1.165, 1.54) is 19.1 Å². The first-order chi connectivity index (χ1) is 9.86. The molecule has 0 bridgehead atoms. The highest BCUT2D eigenvalue weighted by Gasteiger charge is 2.13. The molecule has 9 nitrogen and oxygen atoms in total. The molecule has 0 heterocycles. The van der Waals surface area contributed by atoms with Gasteiger partial charge in [0.05, 0.1) is 18.5 Å². The molecule has 21 heavy (non-hydrogen) atoms. The third-order valence-corrected chi connectivity index (χ3v) is 2.40. The number of aliphatic hydroxyl groups is 1. The number of amides is 2. The molecule has 1 rings (SSSR count). The number of hydrazone groups is 1. The van der Waals surface area contributed by atoms with Crippen LogP contribution in [0.1, 0.15) is 12.5 Å². The monoisotopic (exact) mass is 296 g/mol. The Kier molecular flexibility index (Phi) is 5.64. The second kappa shape index (κ2) is 7.22. The Balaban J connectivity index is 2.95. The fourth-order valence-electron chi connectivity index (χ4n) is 1.34. The number of nitrogens with one attached hydrogen (secondary N) is 2. The van der Waals surface area contributed by atoms with E-state index in [0.717, 1.165) is 6.21 Å². The normalized spacial score (nSPS) is 12.1. The molecule has 1 aromatic carbocycles. The maximum atomic E-state index is 11.3. The minimum absolute atomic E-state index is 0.0491. The largest absolute Gasteiger partial charge is 0.504 e. The van der Waals surface area contributed by atoms with Gasteiger partial charge < -0.3 is 26.4 Å². The van der Waals surface area contributed by atoms with E-state index < -0.39 is 36.0 Å². The maximum Gasteiger partial charge on any atom is 0.259 e. The molecule has 0 radical (unpaired) electrons. The van der Waals surface area contributed by atoms with Gasteiger partial charge in [0.2, 0.25) is 5.91 Å². The van der Waals surface area contributed by atoms with Crippen LogP contribution in [-0.4, -0.2) is 46.0 Å². The molecular formula is C12H16N4O5. The van der Waals surface area contributed by atoms with Gasteiger partial charge in [-0.2, -0.15) is 5.10 Å². The van der Waals surface area contributed by atoms with E-state index >= 15 is 0 Å². The lowest BCUT2D eigenvalue weighted by atomic mass is 10.1. The Morgan fingerprint density at radius 3 is 2.67 bits per heavy atom. The van der Waals surface area contributed by atoms with Crippen LogP contribution in [0.2, 0.25) is 0 Å². The van der Waals surface area contributed by atoms with Gasteiger partial charge in [0.25, 0.3) is 5.91 Å². The topological polar surface area (TPSA) is 157 Å². The van der Waals surface area contributed by atoms with E-state index in [1.54, 1.807) is 0 Å². The van der Waals surface area contributed by atoms with Gasteiger partial charge in [-0.05, 0) is 12.1 Å². The highest BCUT2D eigenvalue weighted by molar-refractivity contribution is 5.99. The van der Waals surface area contributed by atoms with Crippen molar-refractivity contribution in [2.75, 3.05) is 11.9 Å². The van der Waals surface area contributed by atoms with Gasteiger partial charge in [-0.3, -0.25) is 9.59 Å². The SMILES string of the molecule is CC(=O)Nc1c(/C=N/NC(=O)[C@@H](N)CO)ccc(O)c1O.